The van der Waals surface area contributed by atoms with E-state index in [0.29, 0.717) is 34.3 Å². The fourth-order valence-electron chi connectivity index (χ4n) is 3.03. The Hall–Kier alpha value is -1.85. The molecule has 2 amide bonds. The summed E-state index contributed by atoms with van der Waals surface area (Å²) in [6, 6.07) is 4.68. The second-order valence-corrected chi connectivity index (χ2v) is 6.52. The van der Waals surface area contributed by atoms with Gasteiger partial charge in [0.2, 0.25) is 11.8 Å². The average Bonchev–Trinajstić information content (AvgIpc) is 2.45. The lowest BCUT2D eigenvalue weighted by Gasteiger charge is -2.34. The Morgan fingerprint density at radius 3 is 2.57 bits per heavy atom. The molecule has 7 heteroatoms. The Balaban J connectivity index is 1.85. The van der Waals surface area contributed by atoms with Gasteiger partial charge in [-0.1, -0.05) is 29.3 Å². The van der Waals surface area contributed by atoms with Gasteiger partial charge >= 0.3 is 0 Å². The second kappa shape index (κ2) is 6.34. The molecule has 3 rings (SSSR count). The molecule has 2 aliphatic rings. The third kappa shape index (κ3) is 3.41. The molecule has 1 fully saturated rings. The smallest absolute Gasteiger partial charge is 0.229 e. The summed E-state index contributed by atoms with van der Waals surface area (Å²) in [5.74, 6) is -1.97. The summed E-state index contributed by atoms with van der Waals surface area (Å²) >= 11 is 11.8. The molecule has 5 nitrogen and oxygen atoms in total. The molecule has 1 saturated heterocycles. The molecule has 0 bridgehead atoms. The maximum atomic E-state index is 12.6. The van der Waals surface area contributed by atoms with Crippen molar-refractivity contribution in [3.8, 4) is 0 Å². The quantitative estimate of drug-likeness (QED) is 0.859. The molecule has 0 unspecified atom stereocenters. The normalized spacial score (nSPS) is 23.7. The zero-order chi connectivity index (χ0) is 16.6. The van der Waals surface area contributed by atoms with Crippen LogP contribution in [0.2, 0.25) is 10.0 Å². The minimum Gasteiger partial charge on any atom is -0.329 e. The molecule has 1 heterocycles. The van der Waals surface area contributed by atoms with Crippen molar-refractivity contribution < 1.29 is 14.4 Å². The summed E-state index contributed by atoms with van der Waals surface area (Å²) in [6.07, 6.45) is 2.77. The van der Waals surface area contributed by atoms with Crippen molar-refractivity contribution in [1.29, 1.82) is 0 Å². The number of hydrogen-bond acceptors (Lipinski definition) is 3. The number of carbonyl (C=O) groups is 3. The highest BCUT2D eigenvalue weighted by atomic mass is 35.5. The van der Waals surface area contributed by atoms with Crippen LogP contribution in [0, 0.1) is 11.8 Å². The van der Waals surface area contributed by atoms with E-state index in [9.17, 15) is 14.4 Å². The Morgan fingerprint density at radius 2 is 1.87 bits per heavy atom. The van der Waals surface area contributed by atoms with Crippen LogP contribution in [0.1, 0.15) is 19.3 Å². The molecule has 120 valence electrons. The summed E-state index contributed by atoms with van der Waals surface area (Å²) in [5, 5.41) is 6.18. The topological polar surface area (TPSA) is 75.3 Å². The first-order valence-corrected chi connectivity index (χ1v) is 7.99. The summed E-state index contributed by atoms with van der Waals surface area (Å²) in [7, 11) is 0. The minimum absolute atomic E-state index is 0.0200. The van der Waals surface area contributed by atoms with Gasteiger partial charge < -0.3 is 10.6 Å². The SMILES string of the molecule is O=C1C[C@H](C(=O)Nc2cc(Cl)cc(Cl)c2)[C@@H]2C(=O)CCC=C2N1. The number of ketones is 1. The maximum Gasteiger partial charge on any atom is 0.229 e. The van der Waals surface area contributed by atoms with Crippen LogP contribution in [-0.2, 0) is 14.4 Å². The van der Waals surface area contributed by atoms with Crippen LogP contribution in [0.15, 0.2) is 30.0 Å². The van der Waals surface area contributed by atoms with Crippen molar-refractivity contribution in [1.82, 2.24) is 5.32 Å². The highest BCUT2D eigenvalue weighted by Crippen LogP contribution is 2.34. The molecular weight excluding hydrogens is 339 g/mol. The van der Waals surface area contributed by atoms with Crippen LogP contribution < -0.4 is 10.6 Å². The summed E-state index contributed by atoms with van der Waals surface area (Å²) < 4.78 is 0. The molecule has 2 atom stereocenters. The Labute approximate surface area is 143 Å². The standard InChI is InChI=1S/C16H14Cl2N2O3/c17-8-4-9(18)6-10(5-8)19-16(23)11-7-14(22)20-12-2-1-3-13(21)15(11)12/h2,4-6,11,15H,1,3,7H2,(H,19,23)(H,20,22)/t11-,15-/m0/s1. The molecule has 1 aromatic rings. The molecular formula is C16H14Cl2N2O3. The largest absolute Gasteiger partial charge is 0.329 e. The van der Waals surface area contributed by atoms with Gasteiger partial charge in [0.25, 0.3) is 0 Å². The van der Waals surface area contributed by atoms with E-state index in [1.165, 1.54) is 0 Å². The number of Topliss-reactive ketones (excluding diaryl/α,β-unsaturated/α-hetero) is 1. The molecule has 0 spiro atoms. The van der Waals surface area contributed by atoms with Gasteiger partial charge in [-0.25, -0.2) is 0 Å². The van der Waals surface area contributed by atoms with Crippen LogP contribution in [0.3, 0.4) is 0 Å². The number of anilines is 1. The van der Waals surface area contributed by atoms with Crippen LogP contribution >= 0.6 is 23.2 Å². The van der Waals surface area contributed by atoms with Crippen LogP contribution in [0.5, 0.6) is 0 Å². The average molecular weight is 353 g/mol. The van der Waals surface area contributed by atoms with Crippen LogP contribution in [0.25, 0.3) is 0 Å². The number of rotatable bonds is 2. The highest BCUT2D eigenvalue weighted by Gasteiger charge is 2.42. The fourth-order valence-corrected chi connectivity index (χ4v) is 3.56. The van der Waals surface area contributed by atoms with Gasteiger partial charge in [0.15, 0.2) is 0 Å². The van der Waals surface area contributed by atoms with E-state index in [1.54, 1.807) is 18.2 Å². The van der Waals surface area contributed by atoms with Crippen LogP contribution in [-0.4, -0.2) is 17.6 Å². The predicted octanol–water partition coefficient (Wildman–Crippen LogP) is 2.93. The van der Waals surface area contributed by atoms with E-state index in [4.69, 9.17) is 23.2 Å². The van der Waals surface area contributed by atoms with Gasteiger partial charge in [-0.2, -0.15) is 0 Å². The number of allylic oxidation sites excluding steroid dienone is 2. The second-order valence-electron chi connectivity index (χ2n) is 5.65. The summed E-state index contributed by atoms with van der Waals surface area (Å²) in [6.45, 7) is 0. The number of nitrogens with one attached hydrogen (secondary N) is 2. The molecule has 0 radical (unpaired) electrons. The molecule has 1 aliphatic carbocycles. The minimum atomic E-state index is -0.722. The molecule has 1 aliphatic heterocycles. The van der Waals surface area contributed by atoms with E-state index in [2.05, 4.69) is 10.6 Å². The first kappa shape index (κ1) is 16.0. The summed E-state index contributed by atoms with van der Waals surface area (Å²) in [4.78, 5) is 36.6. The van der Waals surface area contributed by atoms with Crippen molar-refractivity contribution in [3.05, 3.63) is 40.0 Å². The summed E-state index contributed by atoms with van der Waals surface area (Å²) in [5.41, 5.74) is 0.981. The Kier molecular flexibility index (Phi) is 4.41. The zero-order valence-corrected chi connectivity index (χ0v) is 13.6. The number of benzene rings is 1. The molecule has 0 aromatic heterocycles. The number of hydrogen-bond donors (Lipinski definition) is 2. The van der Waals surface area contributed by atoms with Crippen molar-refractivity contribution in [2.45, 2.75) is 19.3 Å². The molecule has 1 aromatic carbocycles. The number of fused-ring (bicyclic) bond motifs is 1. The van der Waals surface area contributed by atoms with E-state index in [-0.39, 0.29) is 24.0 Å². The van der Waals surface area contributed by atoms with E-state index in [1.807, 2.05) is 6.08 Å². The van der Waals surface area contributed by atoms with Crippen molar-refractivity contribution in [3.63, 3.8) is 0 Å². The van der Waals surface area contributed by atoms with E-state index < -0.39 is 11.8 Å². The maximum absolute atomic E-state index is 12.6. The monoisotopic (exact) mass is 352 g/mol. The first-order chi connectivity index (χ1) is 10.9. The van der Waals surface area contributed by atoms with Gasteiger partial charge in [0.05, 0.1) is 11.8 Å². The van der Waals surface area contributed by atoms with E-state index in [0.717, 1.165) is 0 Å². The van der Waals surface area contributed by atoms with E-state index >= 15 is 0 Å². The lowest BCUT2D eigenvalue weighted by atomic mass is 9.76. The Morgan fingerprint density at radius 1 is 1.17 bits per heavy atom. The van der Waals surface area contributed by atoms with Crippen molar-refractivity contribution in [2.24, 2.45) is 11.8 Å². The highest BCUT2D eigenvalue weighted by molar-refractivity contribution is 6.35. The number of carbonyl (C=O) groups excluding carboxylic acids is 3. The van der Waals surface area contributed by atoms with Gasteiger partial charge in [0, 0.05) is 34.3 Å². The molecule has 2 N–H and O–H groups in total. The number of amides is 2. The first-order valence-electron chi connectivity index (χ1n) is 7.23. The third-order valence-corrected chi connectivity index (χ3v) is 4.43. The lowest BCUT2D eigenvalue weighted by molar-refractivity contribution is -0.135. The van der Waals surface area contributed by atoms with Crippen molar-refractivity contribution in [2.75, 3.05) is 5.32 Å². The van der Waals surface area contributed by atoms with Gasteiger partial charge in [-0.15, -0.1) is 0 Å². The molecule has 23 heavy (non-hydrogen) atoms. The zero-order valence-electron chi connectivity index (χ0n) is 12.1. The van der Waals surface area contributed by atoms with Gasteiger partial charge in [0.1, 0.15) is 5.78 Å². The predicted molar refractivity (Wildman–Crippen MR) is 87.2 cm³/mol. The lowest BCUT2D eigenvalue weighted by Crippen LogP contribution is -2.47. The van der Waals surface area contributed by atoms with Gasteiger partial charge in [-0.05, 0) is 24.6 Å². The molecule has 0 saturated carbocycles. The fraction of sp³-hybridized carbons (Fsp3) is 0.312. The van der Waals surface area contributed by atoms with Gasteiger partial charge in [-0.3, -0.25) is 14.4 Å². The van der Waals surface area contributed by atoms with Crippen molar-refractivity contribution >= 4 is 46.5 Å². The third-order valence-electron chi connectivity index (χ3n) is 4.00. The number of piperidine rings is 1. The number of halogens is 2. The Bertz CT molecular complexity index is 710. The van der Waals surface area contributed by atoms with Crippen LogP contribution in [0.4, 0.5) is 5.69 Å².